The van der Waals surface area contributed by atoms with Crippen molar-refractivity contribution in [1.29, 1.82) is 0 Å². The van der Waals surface area contributed by atoms with Crippen molar-refractivity contribution in [1.82, 2.24) is 93.3 Å². The number of rotatable bonds is 68. The Morgan fingerprint density at radius 1 is 0.343 bits per heavy atom. The average molecular weight is 1980 g/mol. The summed E-state index contributed by atoms with van der Waals surface area (Å²) in [5.41, 5.74) is 10.1. The van der Waals surface area contributed by atoms with Crippen LogP contribution in [0.2, 0.25) is 12.1 Å². The summed E-state index contributed by atoms with van der Waals surface area (Å²) >= 11 is 0. The Labute approximate surface area is 842 Å². The van der Waals surface area contributed by atoms with Crippen molar-refractivity contribution in [2.24, 2.45) is 0 Å². The number of benzene rings is 2. The van der Waals surface area contributed by atoms with Crippen LogP contribution in [0.25, 0.3) is 67.8 Å². The predicted octanol–water partition coefficient (Wildman–Crippen LogP) is 13.4. The Bertz CT molecular complexity index is 4310. The predicted molar refractivity (Wildman–Crippen MR) is 573 cm³/mol. The molecule has 0 saturated carbocycles. The Balaban J connectivity index is 0.000000415. The largest absolute Gasteiger partial charge is 0.502 e. The van der Waals surface area contributed by atoms with E-state index in [0.29, 0.717) is 52.3 Å². The molecule has 8 aromatic rings. The van der Waals surface area contributed by atoms with E-state index in [1.807, 2.05) is 84.9 Å². The maximum atomic E-state index is 10.9. The summed E-state index contributed by atoms with van der Waals surface area (Å²) in [6.45, 7) is 44.8. The smallest absolute Gasteiger partial charge is 0.493 e. The lowest BCUT2D eigenvalue weighted by Crippen LogP contribution is -2.44. The second kappa shape index (κ2) is 70.7. The molecule has 0 amide bonds. The fourth-order valence-electron chi connectivity index (χ4n) is 16.0. The summed E-state index contributed by atoms with van der Waals surface area (Å²) < 4.78 is 77.9. The molecule has 5 saturated heterocycles. The van der Waals surface area contributed by atoms with E-state index >= 15 is 0 Å². The van der Waals surface area contributed by atoms with Gasteiger partial charge in [-0.25, -0.2) is 9.97 Å². The molecule has 6 atom stereocenters. The first-order valence-corrected chi connectivity index (χ1v) is 53.2. The van der Waals surface area contributed by atoms with Gasteiger partial charge in [-0.05, 0) is 238 Å². The van der Waals surface area contributed by atoms with E-state index in [0.717, 1.165) is 312 Å². The van der Waals surface area contributed by atoms with Gasteiger partial charge >= 0.3 is 17.6 Å². The van der Waals surface area contributed by atoms with Gasteiger partial charge in [0.05, 0.1) is 135 Å². The minimum absolute atomic E-state index is 0. The highest BCUT2D eigenvalue weighted by atomic mass is 28.4. The van der Waals surface area contributed by atoms with Gasteiger partial charge in [0.25, 0.3) is 0 Å². The molecule has 6 unspecified atom stereocenters. The number of aromatic nitrogens is 6. The molecule has 12 N–H and O–H groups in total. The summed E-state index contributed by atoms with van der Waals surface area (Å²) in [5.74, 6) is 3.04. The van der Waals surface area contributed by atoms with Gasteiger partial charge in [-0.1, -0.05) is 96.5 Å². The molecular weight excluding hydrogens is 1810 g/mol. The molecule has 4 bridgehead atoms. The highest BCUT2D eigenvalue weighted by molar-refractivity contribution is 6.62. The molecule has 13 rings (SSSR count). The maximum absolute atomic E-state index is 10.9. The van der Waals surface area contributed by atoms with Crippen molar-refractivity contribution < 1.29 is 64.8 Å². The average Bonchev–Trinajstić information content (AvgIpc) is 1.60. The van der Waals surface area contributed by atoms with Gasteiger partial charge in [0.2, 0.25) is 0 Å². The molecule has 784 valence electrons. The Kier molecular flexibility index (Phi) is 61.9. The third-order valence-electron chi connectivity index (χ3n) is 22.9. The highest BCUT2D eigenvalue weighted by Gasteiger charge is 2.62. The molecule has 2 aromatic carbocycles. The molecule has 34 heteroatoms. The fraction of sp³-hybridized carbons (Fsp3) is 0.604. The van der Waals surface area contributed by atoms with Crippen molar-refractivity contribution >= 4 is 17.6 Å². The fourth-order valence-corrected chi connectivity index (χ4v) is 22.6. The van der Waals surface area contributed by atoms with E-state index in [4.69, 9.17) is 69.7 Å². The number of likely N-dealkylation sites (N-methyl/N-ethyl adjacent to an activating group) is 4. The van der Waals surface area contributed by atoms with Crippen molar-refractivity contribution in [3.8, 4) is 90.8 Å². The van der Waals surface area contributed by atoms with Crippen LogP contribution in [-0.2, 0) is 40.8 Å². The lowest BCUT2D eigenvalue weighted by Gasteiger charge is -2.27. The molecular formula is C106H178N18O14Si2. The molecule has 11 heterocycles. The lowest BCUT2D eigenvalue weighted by atomic mass is 10.0. The van der Waals surface area contributed by atoms with Crippen molar-refractivity contribution in [3.05, 3.63) is 158 Å². The number of nitrogens with one attached hydrogen (secondary N) is 11. The molecule has 6 aromatic heterocycles. The molecule has 5 aliphatic rings. The quantitative estimate of drug-likeness (QED) is 0.00957. The monoisotopic (exact) mass is 1980 g/mol. The first-order chi connectivity index (χ1) is 65.8. The van der Waals surface area contributed by atoms with Gasteiger partial charge in [-0.15, -0.1) is 0 Å². The SMILES string of the molecule is C.C.C.C.C.C.CC1O[Si]2(CCCOCC3CO3)OC(C)C1O2.CCNCCNCCNCCCOc1cc(OCCCNCCN(CCNCC)CC(O)COCCC[Si]23OC(C)C(O2)C(C)O3)cc(-c2cc(-c3ccccn3)nc(-c3ccccn3)c2)c1.CCNCCNCCNCCCOc1cc(OCCCNCCNCCNCC)cc(-c2cc(-c3ccccn3)nc(-c3ccccn3)c2)c1. The molecule has 32 nitrogen and oxygen atoms in total. The molecule has 5 fully saturated rings. The number of ether oxygens (including phenoxy) is 7. The molecule has 5 aliphatic heterocycles. The van der Waals surface area contributed by atoms with E-state index in [2.05, 4.69) is 187 Å². The van der Waals surface area contributed by atoms with Crippen LogP contribution in [0.15, 0.2) is 158 Å². The van der Waals surface area contributed by atoms with Crippen LogP contribution in [-0.4, -0.2) is 329 Å². The van der Waals surface area contributed by atoms with Gasteiger partial charge < -0.3 is 123 Å². The van der Waals surface area contributed by atoms with Crippen LogP contribution in [0.5, 0.6) is 23.0 Å². The second-order valence-corrected chi connectivity index (χ2v) is 39.2. The highest BCUT2D eigenvalue weighted by Crippen LogP contribution is 2.43. The van der Waals surface area contributed by atoms with Crippen LogP contribution >= 0.6 is 0 Å². The van der Waals surface area contributed by atoms with Crippen molar-refractivity contribution in [2.75, 3.05) is 223 Å². The minimum Gasteiger partial charge on any atom is -0.493 e. The molecule has 0 aliphatic carbocycles. The van der Waals surface area contributed by atoms with Gasteiger partial charge in [0.15, 0.2) is 0 Å². The maximum Gasteiger partial charge on any atom is 0.502 e. The van der Waals surface area contributed by atoms with Gasteiger partial charge in [0.1, 0.15) is 29.1 Å². The zero-order chi connectivity index (χ0) is 93.7. The third-order valence-corrected chi connectivity index (χ3v) is 29.0. The molecule has 0 spiro atoms. The normalized spacial score (nSPS) is 19.0. The number of aliphatic hydroxyl groups is 1. The first-order valence-electron chi connectivity index (χ1n) is 49.3. The first kappa shape index (κ1) is 123. The number of aliphatic hydroxyl groups excluding tert-OH is 1. The topological polar surface area (TPSA) is 356 Å². The van der Waals surface area contributed by atoms with Crippen LogP contribution in [0.3, 0.4) is 0 Å². The number of epoxide rings is 1. The summed E-state index contributed by atoms with van der Waals surface area (Å²) in [6.07, 6.45) is 12.8. The number of hydrogen-bond donors (Lipinski definition) is 12. The lowest BCUT2D eigenvalue weighted by molar-refractivity contribution is 0.0152. The Morgan fingerprint density at radius 2 is 0.629 bits per heavy atom. The summed E-state index contributed by atoms with van der Waals surface area (Å²) in [7, 11) is -4.90. The Morgan fingerprint density at radius 3 is 0.929 bits per heavy atom. The molecule has 140 heavy (non-hydrogen) atoms. The Hall–Kier alpha value is -7.91. The van der Waals surface area contributed by atoms with E-state index in [9.17, 15) is 5.11 Å². The van der Waals surface area contributed by atoms with Crippen LogP contribution < -0.4 is 77.4 Å². The van der Waals surface area contributed by atoms with Crippen LogP contribution in [0, 0.1) is 0 Å². The van der Waals surface area contributed by atoms with Gasteiger partial charge in [-0.3, -0.25) is 24.8 Å². The van der Waals surface area contributed by atoms with E-state index in [1.165, 1.54) is 0 Å². The minimum atomic E-state index is -2.57. The van der Waals surface area contributed by atoms with Gasteiger partial charge in [-0.2, -0.15) is 0 Å². The number of nitrogens with zero attached hydrogens (tertiary/aromatic N) is 7. The van der Waals surface area contributed by atoms with Crippen LogP contribution in [0.4, 0.5) is 0 Å². The van der Waals surface area contributed by atoms with Crippen molar-refractivity contribution in [3.63, 3.8) is 0 Å². The van der Waals surface area contributed by atoms with Crippen LogP contribution in [0.1, 0.15) is 138 Å². The zero-order valence-corrected chi connectivity index (χ0v) is 82.7. The second-order valence-electron chi connectivity index (χ2n) is 34.1. The number of hydrogen-bond acceptors (Lipinski definition) is 32. The molecule has 0 radical (unpaired) electrons. The standard InChI is InChI=1S/C50H77N9O7Si.C39H57N9O2.C11H20O5Si.6CH4/c1-5-51-20-21-55-23-22-53-16-11-29-62-44-32-41(42-34-48(46-14-7-9-18-56-46)58-49(35-42)47-15-8-10-19-57-47)33-45(36-44)63-30-12-17-54-25-27-59(26-24-52-6-2)37-43(60)38-61-28-13-31-67-64-39(3)50(66-67)40(4)65-67;1-3-40-17-19-44-23-21-42-13-9-25-49-34-27-32(28-35(31-34)50-26-10-14-43-22-24-45-20-18-41-4-2)33-29-38(36-11-5-7-15-46-36)48-39(30-33)37-12-6-8-16-47-37;1-8-11-9(2)15-17(14-8,16-11)5-3-4-12-6-10-7-13-10;;;;;;/h7-10,14-15,18-19,32-36,39-40,43,50-55,60H,5-6,11-13,16-17,20-31,37-38H2,1-4H3;5-8,11-12,15-16,27-31,40-45H,3-4,9-10,13-14,17-26H2,1-2H3;8-11H,3-7H2,1-2H3;6*1H4. The third kappa shape index (κ3) is 44.4. The van der Waals surface area contributed by atoms with Crippen molar-refractivity contribution in [2.45, 2.75) is 199 Å². The summed E-state index contributed by atoms with van der Waals surface area (Å²) in [5, 5.41) is 48.7. The van der Waals surface area contributed by atoms with E-state index < -0.39 is 23.7 Å². The van der Waals surface area contributed by atoms with E-state index in [1.54, 1.807) is 24.8 Å². The zero-order valence-electron chi connectivity index (χ0n) is 80.7. The number of pyridine rings is 6. The summed E-state index contributed by atoms with van der Waals surface area (Å²) in [4.78, 5) is 30.6. The van der Waals surface area contributed by atoms with Gasteiger partial charge in [0, 0.05) is 173 Å². The summed E-state index contributed by atoms with van der Waals surface area (Å²) in [6, 6.07) is 45.6. The van der Waals surface area contributed by atoms with E-state index in [-0.39, 0.29) is 87.8 Å². The number of fused-ring (bicyclic) bond motifs is 4.